The highest BCUT2D eigenvalue weighted by molar-refractivity contribution is 7.49. The molecule has 6 atom stereocenters. The third-order valence-electron chi connectivity index (χ3n) is 8.49. The van der Waals surface area contributed by atoms with E-state index < -0.39 is 82.8 Å². The zero-order chi connectivity index (χ0) is 45.1. The fourth-order valence-electron chi connectivity index (χ4n) is 5.74. The molecular formula is C43H50O17P2. The van der Waals surface area contributed by atoms with E-state index in [4.69, 9.17) is 50.8 Å². The monoisotopic (exact) mass is 900 g/mol. The number of phosphoric ester groups is 2. The summed E-state index contributed by atoms with van der Waals surface area (Å²) in [6.07, 6.45) is -8.88. The van der Waals surface area contributed by atoms with Crippen LogP contribution in [0, 0.1) is 5.92 Å². The van der Waals surface area contributed by atoms with Gasteiger partial charge in [-0.2, -0.15) is 0 Å². The summed E-state index contributed by atoms with van der Waals surface area (Å²) in [6.45, 7) is 4.53. The van der Waals surface area contributed by atoms with Crippen LogP contribution in [0.25, 0.3) is 0 Å². The molecule has 0 bridgehead atoms. The molecule has 19 heteroatoms. The molecule has 4 aromatic rings. The van der Waals surface area contributed by atoms with Gasteiger partial charge in [0.15, 0.2) is 12.2 Å². The van der Waals surface area contributed by atoms with Crippen LogP contribution in [0.4, 0.5) is 0 Å². The summed E-state index contributed by atoms with van der Waals surface area (Å²) in [5.41, 5.74) is 1.28. The maximum atomic E-state index is 14.5. The van der Waals surface area contributed by atoms with Gasteiger partial charge in [-0.1, -0.05) is 104 Å². The van der Waals surface area contributed by atoms with Gasteiger partial charge >= 0.3 is 39.5 Å². The lowest BCUT2D eigenvalue weighted by atomic mass is 9.90. The number of benzene rings is 4. The van der Waals surface area contributed by atoms with Crippen LogP contribution in [0.2, 0.25) is 0 Å². The van der Waals surface area contributed by atoms with Crippen molar-refractivity contribution in [2.75, 3.05) is 13.7 Å². The van der Waals surface area contributed by atoms with Crippen molar-refractivity contribution >= 4 is 39.5 Å². The smallest absolute Gasteiger partial charge is 0.460 e. The summed E-state index contributed by atoms with van der Waals surface area (Å²) in [4.78, 5) is 51.1. The van der Waals surface area contributed by atoms with Gasteiger partial charge in [0.2, 0.25) is 6.29 Å². The molecule has 62 heavy (non-hydrogen) atoms. The highest BCUT2D eigenvalue weighted by atomic mass is 31.2. The molecule has 5 unspecified atom stereocenters. The van der Waals surface area contributed by atoms with Gasteiger partial charge in [-0.05, 0) is 35.4 Å². The fraction of sp³-hybridized carbons (Fsp3) is 0.349. The minimum atomic E-state index is -4.83. The first-order valence-corrected chi connectivity index (χ1v) is 22.1. The predicted molar refractivity (Wildman–Crippen MR) is 221 cm³/mol. The number of ether oxygens (including phenoxy) is 5. The molecule has 0 aliphatic rings. The predicted octanol–water partition coefficient (Wildman–Crippen LogP) is 8.16. The van der Waals surface area contributed by atoms with Crippen molar-refractivity contribution < 1.29 is 79.1 Å². The van der Waals surface area contributed by atoms with Gasteiger partial charge in [-0.25, -0.2) is 13.7 Å². The number of methoxy groups -OCH3 is 1. The quantitative estimate of drug-likeness (QED) is 0.0266. The molecule has 0 amide bonds. The Labute approximate surface area is 360 Å². The van der Waals surface area contributed by atoms with Crippen molar-refractivity contribution in [2.24, 2.45) is 5.92 Å². The summed E-state index contributed by atoms with van der Waals surface area (Å²) in [6, 6.07) is 33.3. The van der Waals surface area contributed by atoms with Crippen LogP contribution in [0.1, 0.15) is 45.7 Å². The van der Waals surface area contributed by atoms with E-state index in [-0.39, 0.29) is 24.7 Å². The van der Waals surface area contributed by atoms with Crippen LogP contribution in [0.5, 0.6) is 11.5 Å². The van der Waals surface area contributed by atoms with E-state index >= 15 is 0 Å². The number of hydrogen-bond acceptors (Lipinski definition) is 17. The molecule has 0 saturated carbocycles. The van der Waals surface area contributed by atoms with Crippen molar-refractivity contribution in [1.29, 1.82) is 0 Å². The molecule has 334 valence electrons. The summed E-state index contributed by atoms with van der Waals surface area (Å²) >= 11 is 0. The fourth-order valence-corrected chi connectivity index (χ4v) is 8.26. The van der Waals surface area contributed by atoms with E-state index in [9.17, 15) is 28.3 Å². The van der Waals surface area contributed by atoms with Gasteiger partial charge < -0.3 is 32.7 Å². The van der Waals surface area contributed by atoms with Crippen molar-refractivity contribution in [1.82, 2.24) is 0 Å². The molecule has 0 heterocycles. The molecular weight excluding hydrogens is 850 g/mol. The molecule has 4 aromatic carbocycles. The number of hydrogen-bond donors (Lipinski definition) is 0. The standard InChI is InChI=1S/C43H50O17P2/c1-30(39(54-31(2)44)29-53-61(48,51-27-35-19-11-7-12-20-35)52-28-36-21-13-8-14-22-36)40(55-32(3)45)41(56-33(4)46)42(57-34(5)47)43(50-6)60-62(49,58-37-23-15-9-16-24-37)59-38-25-17-10-18-26-38/h7-26,30,39-43H,27-29H2,1-6H3/t30?,39-,40?,41?,42?,43?/m1/s1. The minimum Gasteiger partial charge on any atom is -0.460 e. The first kappa shape index (κ1) is 49.3. The Bertz CT molecular complexity index is 2010. The van der Waals surface area contributed by atoms with Crippen LogP contribution < -0.4 is 9.05 Å². The van der Waals surface area contributed by atoms with Crippen LogP contribution >= 0.6 is 15.6 Å². The highest BCUT2D eigenvalue weighted by Gasteiger charge is 2.50. The van der Waals surface area contributed by atoms with Crippen LogP contribution in [0.15, 0.2) is 121 Å². The molecule has 0 N–H and O–H groups in total. The Morgan fingerprint density at radius 1 is 0.500 bits per heavy atom. The number of carbonyl (C=O) groups excluding carboxylic acids is 4. The third-order valence-corrected chi connectivity index (χ3v) is 11.2. The zero-order valence-corrected chi connectivity index (χ0v) is 36.8. The second-order valence-electron chi connectivity index (χ2n) is 13.5. The van der Waals surface area contributed by atoms with Gasteiger partial charge in [0.05, 0.1) is 19.8 Å². The zero-order valence-electron chi connectivity index (χ0n) is 35.0. The van der Waals surface area contributed by atoms with Gasteiger partial charge in [-0.15, -0.1) is 0 Å². The van der Waals surface area contributed by atoms with Gasteiger partial charge in [0.25, 0.3) is 0 Å². The van der Waals surface area contributed by atoms with Gasteiger partial charge in [0, 0.05) is 40.7 Å². The topological polar surface area (TPSA) is 204 Å². The molecule has 4 rings (SSSR count). The van der Waals surface area contributed by atoms with Crippen molar-refractivity contribution in [2.45, 2.75) is 78.5 Å². The maximum Gasteiger partial charge on any atom is 0.590 e. The number of para-hydroxylation sites is 2. The SMILES string of the molecule is COC(OP(=O)(Oc1ccccc1)Oc1ccccc1)C(OC(C)=O)C(OC(C)=O)C(OC(C)=O)C(C)[C@@H](COP(=O)(OCc1ccccc1)OCc1ccccc1)OC(C)=O. The molecule has 17 nitrogen and oxygen atoms in total. The Hall–Kier alpha value is -5.38. The summed E-state index contributed by atoms with van der Waals surface area (Å²) in [5, 5.41) is 0. The molecule has 0 aromatic heterocycles. The number of esters is 4. The molecule has 0 saturated heterocycles. The molecule has 0 aliphatic carbocycles. The summed E-state index contributed by atoms with van der Waals surface area (Å²) in [5.74, 6) is -4.86. The molecule has 0 aliphatic heterocycles. The van der Waals surface area contributed by atoms with E-state index in [1.807, 2.05) is 0 Å². The second kappa shape index (κ2) is 24.3. The lowest BCUT2D eigenvalue weighted by molar-refractivity contribution is -0.226. The van der Waals surface area contributed by atoms with E-state index in [0.717, 1.165) is 34.8 Å². The molecule has 0 fully saturated rings. The molecule has 0 radical (unpaired) electrons. The summed E-state index contributed by atoms with van der Waals surface area (Å²) < 4.78 is 91.7. The lowest BCUT2D eigenvalue weighted by Gasteiger charge is -2.39. The lowest BCUT2D eigenvalue weighted by Crippen LogP contribution is -2.55. The summed E-state index contributed by atoms with van der Waals surface area (Å²) in [7, 11) is -8.21. The number of phosphoric acid groups is 2. The first-order chi connectivity index (χ1) is 29.6. The Kier molecular flexibility index (Phi) is 19.3. The minimum absolute atomic E-state index is 0.0515. The largest absolute Gasteiger partial charge is 0.590 e. The number of carbonyl (C=O) groups is 4. The Morgan fingerprint density at radius 2 is 0.887 bits per heavy atom. The van der Waals surface area contributed by atoms with Gasteiger partial charge in [-0.3, -0.25) is 32.7 Å². The average molecular weight is 901 g/mol. The normalized spacial score (nSPS) is 14.5. The van der Waals surface area contributed by atoms with E-state index in [1.54, 1.807) is 97.1 Å². The van der Waals surface area contributed by atoms with Crippen molar-refractivity contribution in [3.05, 3.63) is 132 Å². The van der Waals surface area contributed by atoms with Crippen LogP contribution in [-0.4, -0.2) is 68.3 Å². The van der Waals surface area contributed by atoms with E-state index in [0.29, 0.717) is 11.1 Å². The van der Waals surface area contributed by atoms with Crippen molar-refractivity contribution in [3.63, 3.8) is 0 Å². The highest BCUT2D eigenvalue weighted by Crippen LogP contribution is 2.53. The van der Waals surface area contributed by atoms with E-state index in [2.05, 4.69) is 0 Å². The van der Waals surface area contributed by atoms with Gasteiger partial charge in [0.1, 0.15) is 23.7 Å². The average Bonchev–Trinajstić information content (AvgIpc) is 3.24. The Balaban J connectivity index is 1.73. The second-order valence-corrected chi connectivity index (χ2v) is 16.6. The van der Waals surface area contributed by atoms with Crippen LogP contribution in [-0.2, 0) is 83.3 Å². The van der Waals surface area contributed by atoms with E-state index in [1.165, 1.54) is 31.2 Å². The maximum absolute atomic E-state index is 14.5. The first-order valence-electron chi connectivity index (χ1n) is 19.2. The van der Waals surface area contributed by atoms with Crippen molar-refractivity contribution in [3.8, 4) is 11.5 Å². The Morgan fingerprint density at radius 3 is 1.29 bits per heavy atom. The number of rotatable bonds is 25. The third kappa shape index (κ3) is 16.5. The van der Waals surface area contributed by atoms with Crippen LogP contribution in [0.3, 0.4) is 0 Å². The molecule has 0 spiro atoms.